The summed E-state index contributed by atoms with van der Waals surface area (Å²) in [6, 6.07) is 33.4. The highest BCUT2D eigenvalue weighted by atomic mass is 79.9. The lowest BCUT2D eigenvalue weighted by molar-refractivity contribution is 0.0998. The number of nitrogens with one attached hydrogen (secondary N) is 1. The molecule has 0 saturated heterocycles. The van der Waals surface area contributed by atoms with Gasteiger partial charge in [0.25, 0.3) is 5.91 Å². The van der Waals surface area contributed by atoms with Crippen molar-refractivity contribution in [3.05, 3.63) is 125 Å². The second kappa shape index (κ2) is 10.6. The van der Waals surface area contributed by atoms with Gasteiger partial charge in [0.05, 0.1) is 23.3 Å². The Balaban J connectivity index is 1.52. The Morgan fingerprint density at radius 1 is 0.846 bits per heavy atom. The highest BCUT2D eigenvalue weighted by Crippen LogP contribution is 2.39. The van der Waals surface area contributed by atoms with Crippen LogP contribution in [0.5, 0.6) is 5.75 Å². The summed E-state index contributed by atoms with van der Waals surface area (Å²) < 4.78 is 12.3. The van der Waals surface area contributed by atoms with Crippen molar-refractivity contribution >= 4 is 32.9 Å². The number of carbonyl (C=O) groups excluding carboxylic acids is 1. The number of benzene rings is 4. The van der Waals surface area contributed by atoms with Gasteiger partial charge in [-0.1, -0.05) is 84.9 Å². The van der Waals surface area contributed by atoms with Gasteiger partial charge in [-0.3, -0.25) is 4.79 Å². The summed E-state index contributed by atoms with van der Waals surface area (Å²) in [6.45, 7) is 0. The van der Waals surface area contributed by atoms with Crippen molar-refractivity contribution in [2.24, 2.45) is 4.99 Å². The van der Waals surface area contributed by atoms with Crippen molar-refractivity contribution in [3.8, 4) is 39.3 Å². The van der Waals surface area contributed by atoms with E-state index in [9.17, 15) is 4.79 Å². The van der Waals surface area contributed by atoms with E-state index in [4.69, 9.17) is 9.15 Å². The minimum absolute atomic E-state index is 0.274. The van der Waals surface area contributed by atoms with E-state index in [1.165, 1.54) is 6.33 Å². The third kappa shape index (κ3) is 4.80. The monoisotopic (exact) mass is 575 g/mol. The summed E-state index contributed by atoms with van der Waals surface area (Å²) >= 11 is 3.44. The second-order valence-corrected chi connectivity index (χ2v) is 9.67. The van der Waals surface area contributed by atoms with Crippen LogP contribution < -0.4 is 10.2 Å². The molecule has 39 heavy (non-hydrogen) atoms. The Morgan fingerprint density at radius 2 is 1.49 bits per heavy atom. The van der Waals surface area contributed by atoms with Gasteiger partial charge in [-0.15, -0.1) is 0 Å². The van der Waals surface area contributed by atoms with Crippen LogP contribution in [0.15, 0.2) is 123 Å². The predicted molar refractivity (Wildman–Crippen MR) is 155 cm³/mol. The van der Waals surface area contributed by atoms with Crippen LogP contribution in [0.1, 0.15) is 10.4 Å². The number of hydrogen-bond donors (Lipinski definition) is 1. The number of aromatic nitrogens is 2. The van der Waals surface area contributed by atoms with Gasteiger partial charge < -0.3 is 14.1 Å². The van der Waals surface area contributed by atoms with Gasteiger partial charge in [-0.2, -0.15) is 4.99 Å². The summed E-state index contributed by atoms with van der Waals surface area (Å²) in [6.07, 6.45) is 1.49. The minimum Gasteiger partial charge on any atom is -0.496 e. The molecule has 0 radical (unpaired) electrons. The predicted octanol–water partition coefficient (Wildman–Crippen LogP) is 7.67. The number of methoxy groups -OCH3 is 1. The summed E-state index contributed by atoms with van der Waals surface area (Å²) in [5.41, 5.74) is 6.04. The van der Waals surface area contributed by atoms with Crippen LogP contribution in [0.4, 0.5) is 0 Å². The molecule has 0 aliphatic rings. The van der Waals surface area contributed by atoms with E-state index in [2.05, 4.69) is 55.2 Å². The molecule has 0 atom stereocenters. The lowest BCUT2D eigenvalue weighted by Gasteiger charge is -2.06. The number of rotatable bonds is 5. The van der Waals surface area contributed by atoms with Crippen LogP contribution >= 0.6 is 15.9 Å². The highest BCUT2D eigenvalue weighted by Gasteiger charge is 2.21. The number of fused-ring (bicyclic) bond motifs is 1. The highest BCUT2D eigenvalue weighted by molar-refractivity contribution is 9.10. The number of furan rings is 1. The number of ether oxygens (including phenoxy) is 1. The average molecular weight is 576 g/mol. The van der Waals surface area contributed by atoms with Crippen LogP contribution in [0, 0.1) is 0 Å². The number of nitrogens with zero attached hydrogens (tertiary/aromatic N) is 2. The van der Waals surface area contributed by atoms with Crippen molar-refractivity contribution in [2.45, 2.75) is 0 Å². The van der Waals surface area contributed by atoms with Crippen LogP contribution in [-0.2, 0) is 0 Å². The Morgan fingerprint density at radius 3 is 2.15 bits per heavy atom. The number of hydrogen-bond acceptors (Lipinski definition) is 4. The molecule has 6 rings (SSSR count). The quantitative estimate of drug-likeness (QED) is 0.228. The maximum atomic E-state index is 13.2. The van der Waals surface area contributed by atoms with E-state index >= 15 is 0 Å². The Bertz CT molecular complexity index is 1860. The fourth-order valence-electron chi connectivity index (χ4n) is 4.54. The number of aromatic amines is 1. The summed E-state index contributed by atoms with van der Waals surface area (Å²) in [5.74, 6) is 0.869. The molecule has 6 aromatic rings. The SMILES string of the molecule is COc1ccc(C(=O)N=c2nc[nH]c3oc(-c4ccc(-c5ccccc5)cc4)c(-c4ccccc4)c23)cc1Br. The maximum Gasteiger partial charge on any atom is 0.279 e. The first kappa shape index (κ1) is 24.6. The van der Waals surface area contributed by atoms with E-state index in [0.29, 0.717) is 32.6 Å². The first-order valence-electron chi connectivity index (χ1n) is 12.3. The van der Waals surface area contributed by atoms with Gasteiger partial charge in [0.1, 0.15) is 11.5 Å². The molecule has 2 heterocycles. The van der Waals surface area contributed by atoms with Crippen molar-refractivity contribution in [1.29, 1.82) is 0 Å². The maximum absolute atomic E-state index is 13.2. The third-order valence-corrected chi connectivity index (χ3v) is 7.06. The molecule has 6 nitrogen and oxygen atoms in total. The van der Waals surface area contributed by atoms with Crippen LogP contribution in [0.3, 0.4) is 0 Å². The number of H-pyrrole nitrogens is 1. The zero-order valence-corrected chi connectivity index (χ0v) is 22.5. The molecule has 7 heteroatoms. The van der Waals surface area contributed by atoms with Crippen molar-refractivity contribution in [2.75, 3.05) is 7.11 Å². The number of amides is 1. The average Bonchev–Trinajstić information content (AvgIpc) is 3.39. The molecule has 190 valence electrons. The minimum atomic E-state index is -0.424. The van der Waals surface area contributed by atoms with Crippen LogP contribution in [0.25, 0.3) is 44.7 Å². The first-order chi connectivity index (χ1) is 19.1. The molecule has 0 spiro atoms. The van der Waals surface area contributed by atoms with E-state index < -0.39 is 5.91 Å². The fourth-order valence-corrected chi connectivity index (χ4v) is 5.08. The Hall–Kier alpha value is -4.75. The molecule has 2 aromatic heterocycles. The normalized spacial score (nSPS) is 11.6. The van der Waals surface area contributed by atoms with Crippen LogP contribution in [0.2, 0.25) is 0 Å². The standard InChI is InChI=1S/C32H22BrN3O3/c1-38-26-17-16-24(18-25(26)33)31(37)36-30-28-27(22-10-6-3-7-11-22)29(39-32(28)35-19-34-30)23-14-12-21(13-15-23)20-8-4-2-5-9-20/h2-19H,1H3,(H,34,35,36,37). The van der Waals surface area contributed by atoms with E-state index in [0.717, 1.165) is 27.8 Å². The summed E-state index contributed by atoms with van der Waals surface area (Å²) in [4.78, 5) is 25.1. The first-order valence-corrected chi connectivity index (χ1v) is 13.1. The molecular weight excluding hydrogens is 554 g/mol. The summed E-state index contributed by atoms with van der Waals surface area (Å²) in [5, 5.41) is 0.631. The van der Waals surface area contributed by atoms with Crippen molar-refractivity contribution in [3.63, 3.8) is 0 Å². The lowest BCUT2D eigenvalue weighted by atomic mass is 9.98. The van der Waals surface area contributed by atoms with E-state index in [-0.39, 0.29) is 5.49 Å². The Labute approximate surface area is 232 Å². The zero-order valence-electron chi connectivity index (χ0n) is 20.9. The Kier molecular flexibility index (Phi) is 6.65. The fraction of sp³-hybridized carbons (Fsp3) is 0.0312. The van der Waals surface area contributed by atoms with Gasteiger partial charge in [0, 0.05) is 16.7 Å². The smallest absolute Gasteiger partial charge is 0.279 e. The van der Waals surface area contributed by atoms with Gasteiger partial charge in [-0.25, -0.2) is 4.98 Å². The van der Waals surface area contributed by atoms with Gasteiger partial charge >= 0.3 is 0 Å². The van der Waals surface area contributed by atoms with Gasteiger partial charge in [-0.05, 0) is 50.8 Å². The molecule has 4 aromatic carbocycles. The largest absolute Gasteiger partial charge is 0.496 e. The van der Waals surface area contributed by atoms with Crippen molar-refractivity contribution in [1.82, 2.24) is 9.97 Å². The summed E-state index contributed by atoms with van der Waals surface area (Å²) in [7, 11) is 1.57. The zero-order chi connectivity index (χ0) is 26.8. The second-order valence-electron chi connectivity index (χ2n) is 8.81. The molecule has 0 aliphatic carbocycles. The molecule has 0 bridgehead atoms. The molecular formula is C32H22BrN3O3. The topological polar surface area (TPSA) is 80.5 Å². The molecule has 0 unspecified atom stereocenters. The molecule has 0 saturated carbocycles. The van der Waals surface area contributed by atoms with E-state index in [1.54, 1.807) is 25.3 Å². The van der Waals surface area contributed by atoms with Crippen LogP contribution in [-0.4, -0.2) is 23.0 Å². The third-order valence-electron chi connectivity index (χ3n) is 6.44. The number of carbonyl (C=O) groups is 1. The number of halogens is 1. The van der Waals surface area contributed by atoms with Crippen molar-refractivity contribution < 1.29 is 13.9 Å². The van der Waals surface area contributed by atoms with E-state index in [1.807, 2.05) is 60.7 Å². The van der Waals surface area contributed by atoms with Gasteiger partial charge in [0.2, 0.25) is 5.71 Å². The molecule has 1 N–H and O–H groups in total. The van der Waals surface area contributed by atoms with Gasteiger partial charge in [0.15, 0.2) is 5.49 Å². The molecule has 1 amide bonds. The lowest BCUT2D eigenvalue weighted by Crippen LogP contribution is -2.13. The molecule has 0 aliphatic heterocycles. The molecule has 0 fully saturated rings.